The Bertz CT molecular complexity index is 600. The number of carbonyl (C=O) groups excluding carboxylic acids is 1. The topological polar surface area (TPSA) is 26.3 Å². The van der Waals surface area contributed by atoms with Crippen LogP contribution in [-0.2, 0) is 0 Å². The van der Waals surface area contributed by atoms with E-state index in [2.05, 4.69) is 6.92 Å². The van der Waals surface area contributed by atoms with Crippen molar-refractivity contribution in [3.8, 4) is 5.75 Å². The van der Waals surface area contributed by atoms with Crippen molar-refractivity contribution in [1.82, 2.24) is 0 Å². The molecule has 0 fully saturated rings. The number of benzene rings is 2. The van der Waals surface area contributed by atoms with Crippen molar-refractivity contribution >= 4 is 17.5 Å². The molecular formula is C19H22O2S. The first kappa shape index (κ1) is 16.6. The Morgan fingerprint density at radius 3 is 2.27 bits per heavy atom. The molecule has 2 rings (SSSR count). The molecule has 0 unspecified atom stereocenters. The molecule has 0 aliphatic carbocycles. The predicted octanol–water partition coefficient (Wildman–Crippen LogP) is 5.00. The molecule has 0 aliphatic rings. The molecule has 2 aromatic rings. The summed E-state index contributed by atoms with van der Waals surface area (Å²) in [6.07, 6.45) is 0. The van der Waals surface area contributed by atoms with Gasteiger partial charge in [-0.3, -0.25) is 4.79 Å². The van der Waals surface area contributed by atoms with E-state index in [-0.39, 0.29) is 11.7 Å². The lowest BCUT2D eigenvalue weighted by Gasteiger charge is -2.07. The van der Waals surface area contributed by atoms with E-state index in [9.17, 15) is 4.79 Å². The van der Waals surface area contributed by atoms with Crippen molar-refractivity contribution in [3.63, 3.8) is 0 Å². The summed E-state index contributed by atoms with van der Waals surface area (Å²) < 4.78 is 5.70. The molecule has 2 nitrogen and oxygen atoms in total. The van der Waals surface area contributed by atoms with Gasteiger partial charge in [-0.1, -0.05) is 43.7 Å². The smallest absolute Gasteiger partial charge is 0.165 e. The first-order chi connectivity index (χ1) is 10.6. The second kappa shape index (κ2) is 8.04. The van der Waals surface area contributed by atoms with Gasteiger partial charge in [0.05, 0.1) is 6.61 Å². The summed E-state index contributed by atoms with van der Waals surface area (Å²) in [7, 11) is 0. The van der Waals surface area contributed by atoms with Gasteiger partial charge < -0.3 is 4.74 Å². The van der Waals surface area contributed by atoms with Crippen molar-refractivity contribution in [2.75, 3.05) is 12.4 Å². The highest BCUT2D eigenvalue weighted by Crippen LogP contribution is 2.20. The molecule has 0 atom stereocenters. The van der Waals surface area contributed by atoms with E-state index in [1.807, 2.05) is 62.4 Å². The minimum atomic E-state index is 0.0430. The summed E-state index contributed by atoms with van der Waals surface area (Å²) >= 11 is 1.74. The van der Waals surface area contributed by atoms with Crippen molar-refractivity contribution in [2.24, 2.45) is 5.92 Å². The number of hydrogen-bond donors (Lipinski definition) is 0. The predicted molar refractivity (Wildman–Crippen MR) is 93.0 cm³/mol. The van der Waals surface area contributed by atoms with Gasteiger partial charge in [0.15, 0.2) is 5.78 Å². The first-order valence-electron chi connectivity index (χ1n) is 7.53. The number of thioether (sulfide) groups is 1. The number of ether oxygens (including phenoxy) is 1. The largest absolute Gasteiger partial charge is 0.493 e. The van der Waals surface area contributed by atoms with Crippen LogP contribution in [0.5, 0.6) is 5.75 Å². The van der Waals surface area contributed by atoms with Gasteiger partial charge >= 0.3 is 0 Å². The van der Waals surface area contributed by atoms with Crippen molar-refractivity contribution in [2.45, 2.75) is 25.7 Å². The minimum absolute atomic E-state index is 0.0430. The molecule has 0 aromatic heterocycles. The molecule has 0 aliphatic heterocycles. The quantitative estimate of drug-likeness (QED) is 0.408. The van der Waals surface area contributed by atoms with E-state index in [4.69, 9.17) is 4.74 Å². The maximum absolute atomic E-state index is 11.9. The monoisotopic (exact) mass is 314 g/mol. The van der Waals surface area contributed by atoms with E-state index >= 15 is 0 Å². The Labute approximate surface area is 136 Å². The molecule has 2 aromatic carbocycles. The lowest BCUT2D eigenvalue weighted by atomic mass is 10.0. The highest BCUT2D eigenvalue weighted by molar-refractivity contribution is 7.99. The van der Waals surface area contributed by atoms with Gasteiger partial charge in [0.1, 0.15) is 5.75 Å². The summed E-state index contributed by atoms with van der Waals surface area (Å²) in [5.41, 5.74) is 2.02. The van der Waals surface area contributed by atoms with E-state index < -0.39 is 0 Å². The maximum atomic E-state index is 11.9. The third-order valence-electron chi connectivity index (χ3n) is 3.30. The second-order valence-corrected chi connectivity index (χ2v) is 6.72. The number of hydrogen-bond acceptors (Lipinski definition) is 3. The van der Waals surface area contributed by atoms with Crippen molar-refractivity contribution in [3.05, 3.63) is 59.7 Å². The molecule has 0 heterocycles. The fraction of sp³-hybridized carbons (Fsp3) is 0.316. The van der Waals surface area contributed by atoms with E-state index in [0.717, 1.165) is 22.0 Å². The van der Waals surface area contributed by atoms with Crippen molar-refractivity contribution in [1.29, 1.82) is 0 Å². The normalized spacial score (nSPS) is 10.7. The van der Waals surface area contributed by atoms with Crippen LogP contribution in [0.25, 0.3) is 0 Å². The van der Waals surface area contributed by atoms with Crippen LogP contribution in [0.15, 0.2) is 53.4 Å². The van der Waals surface area contributed by atoms with Crippen LogP contribution in [0, 0.1) is 12.8 Å². The summed E-state index contributed by atoms with van der Waals surface area (Å²) in [6.45, 7) is 6.58. The van der Waals surface area contributed by atoms with E-state index in [0.29, 0.717) is 6.61 Å². The number of ketones is 1. The summed E-state index contributed by atoms with van der Waals surface area (Å²) in [4.78, 5) is 13.0. The molecule has 0 N–H and O–H groups in total. The lowest BCUT2D eigenvalue weighted by molar-refractivity contribution is 0.0939. The van der Waals surface area contributed by atoms with Crippen molar-refractivity contribution < 1.29 is 9.53 Å². The molecule has 0 saturated carbocycles. The number of carbonyl (C=O) groups is 1. The van der Waals surface area contributed by atoms with Crippen LogP contribution < -0.4 is 4.74 Å². The van der Waals surface area contributed by atoms with Crippen LogP contribution in [0.3, 0.4) is 0 Å². The lowest BCUT2D eigenvalue weighted by Crippen LogP contribution is -2.06. The number of Topliss-reactive ketones (excluding diaryl/α,β-unsaturated/α-hetero) is 1. The summed E-state index contributed by atoms with van der Waals surface area (Å²) in [5.74, 6) is 2.02. The van der Waals surface area contributed by atoms with Gasteiger partial charge in [0.2, 0.25) is 0 Å². The maximum Gasteiger partial charge on any atom is 0.165 e. The standard InChI is InChI=1S/C19H22O2S/c1-14(2)19(20)16-6-10-18(11-7-16)22-13-12-21-17-8-4-15(3)5-9-17/h4-11,14H,12-13H2,1-3H3. The van der Waals surface area contributed by atoms with E-state index in [1.54, 1.807) is 11.8 Å². The SMILES string of the molecule is Cc1ccc(OCCSc2ccc(C(=O)C(C)C)cc2)cc1. The molecule has 0 saturated heterocycles. The van der Waals surface area contributed by atoms with Crippen LogP contribution in [0.4, 0.5) is 0 Å². The number of aryl methyl sites for hydroxylation is 1. The Morgan fingerprint density at radius 2 is 1.68 bits per heavy atom. The Balaban J connectivity index is 1.77. The van der Waals surface area contributed by atoms with Gasteiger partial charge in [0.25, 0.3) is 0 Å². The number of rotatable bonds is 7. The Kier molecular flexibility index (Phi) is 6.08. The average molecular weight is 314 g/mol. The third kappa shape index (κ3) is 4.92. The van der Waals surface area contributed by atoms with Crippen LogP contribution in [-0.4, -0.2) is 18.1 Å². The zero-order valence-electron chi connectivity index (χ0n) is 13.3. The van der Waals surface area contributed by atoms with Gasteiger partial charge in [0, 0.05) is 22.1 Å². The second-order valence-electron chi connectivity index (χ2n) is 5.55. The van der Waals surface area contributed by atoms with Crippen LogP contribution in [0.1, 0.15) is 29.8 Å². The summed E-state index contributed by atoms with van der Waals surface area (Å²) in [6, 6.07) is 15.9. The van der Waals surface area contributed by atoms with Gasteiger partial charge in [-0.15, -0.1) is 11.8 Å². The third-order valence-corrected chi connectivity index (χ3v) is 4.28. The zero-order chi connectivity index (χ0) is 15.9. The Morgan fingerprint density at radius 1 is 1.05 bits per heavy atom. The molecule has 0 amide bonds. The van der Waals surface area contributed by atoms with Crippen LogP contribution in [0.2, 0.25) is 0 Å². The first-order valence-corrected chi connectivity index (χ1v) is 8.51. The van der Waals surface area contributed by atoms with Gasteiger partial charge in [-0.25, -0.2) is 0 Å². The van der Waals surface area contributed by atoms with E-state index in [1.165, 1.54) is 5.56 Å². The highest BCUT2D eigenvalue weighted by atomic mass is 32.2. The molecule has 0 bridgehead atoms. The van der Waals surface area contributed by atoms with Gasteiger partial charge in [-0.05, 0) is 31.2 Å². The molecule has 116 valence electrons. The molecule has 22 heavy (non-hydrogen) atoms. The minimum Gasteiger partial charge on any atom is -0.493 e. The zero-order valence-corrected chi connectivity index (χ0v) is 14.2. The Hall–Kier alpha value is -1.74. The highest BCUT2D eigenvalue weighted by Gasteiger charge is 2.09. The van der Waals surface area contributed by atoms with Crippen LogP contribution >= 0.6 is 11.8 Å². The summed E-state index contributed by atoms with van der Waals surface area (Å²) in [5, 5.41) is 0. The van der Waals surface area contributed by atoms with Gasteiger partial charge in [-0.2, -0.15) is 0 Å². The fourth-order valence-corrected chi connectivity index (χ4v) is 2.73. The molecule has 3 heteroatoms. The molecule has 0 radical (unpaired) electrons. The average Bonchev–Trinajstić information content (AvgIpc) is 2.53. The molecular weight excluding hydrogens is 292 g/mol. The fourth-order valence-electron chi connectivity index (χ4n) is 2.00. The molecule has 0 spiro atoms.